The fourth-order valence-electron chi connectivity index (χ4n) is 13.7. The van der Waals surface area contributed by atoms with Crippen molar-refractivity contribution < 1.29 is 23.6 Å². The van der Waals surface area contributed by atoms with Crippen molar-refractivity contribution >= 4 is 7.82 Å². The molecule has 4 aromatic carbocycles. The molecule has 8 bridgehead atoms. The molecule has 10 atom stereocenters. The molecule has 2 N–H and O–H groups in total. The van der Waals surface area contributed by atoms with Crippen LogP contribution in [0.5, 0.6) is 11.5 Å². The van der Waals surface area contributed by atoms with Crippen molar-refractivity contribution in [3.8, 4) is 23.8 Å². The highest BCUT2D eigenvalue weighted by Crippen LogP contribution is 2.72. The molecule has 0 radical (unpaired) electrons. The minimum atomic E-state index is -4.52. The van der Waals surface area contributed by atoms with Gasteiger partial charge in [0.2, 0.25) is 0 Å². The van der Waals surface area contributed by atoms with Gasteiger partial charge in [-0.1, -0.05) is 60.2 Å². The fraction of sp³-hybridized carbons (Fsp3) is 0.391. The first-order valence-corrected chi connectivity index (χ1v) is 21.1. The van der Waals surface area contributed by atoms with E-state index in [0.29, 0.717) is 41.1 Å². The summed E-state index contributed by atoms with van der Waals surface area (Å²) in [5.41, 5.74) is 19.4. The van der Waals surface area contributed by atoms with E-state index in [2.05, 4.69) is 60.5 Å². The van der Waals surface area contributed by atoms with Crippen LogP contribution in [0, 0.1) is 18.3 Å². The molecule has 0 aromatic heterocycles. The maximum atomic E-state index is 13.8. The second-order valence-corrected chi connectivity index (χ2v) is 18.6. The standard InChI is InChI=1S/C46H39O5P/c1-2-3-12-50-52(48,49)51-46-43-39-19-37(33-15-29-25-13-27(31(29)17-35(33)39)23-10-6-4-8-21(23)25)41(43)45(47)42-38-20-40(44(42)46)36-18-32-28-14-26(30(32)16-34(36)38)22-9-5-7-11-24(22)28/h1,4,6,8-10,15-18,24-28,37-40,47H,3,5,7,11-14,19-20H2,(H,48,49)/t24?,25?,26?,27-,28?,37?,38?,39?,40?/m1/s1. The van der Waals surface area contributed by atoms with E-state index in [1.807, 2.05) is 0 Å². The summed E-state index contributed by atoms with van der Waals surface area (Å²) in [6, 6.07) is 18.8. The molecule has 52 heavy (non-hydrogen) atoms. The zero-order valence-corrected chi connectivity index (χ0v) is 29.8. The van der Waals surface area contributed by atoms with Crippen LogP contribution in [0.1, 0.15) is 177 Å². The van der Waals surface area contributed by atoms with Crippen LogP contribution < -0.4 is 4.52 Å². The molecule has 9 aliphatic rings. The number of hydrogen-bond donors (Lipinski definition) is 2. The molecule has 6 heteroatoms. The smallest absolute Gasteiger partial charge is 0.507 e. The summed E-state index contributed by atoms with van der Waals surface area (Å²) in [4.78, 5) is 11.2. The number of aromatic hydroxyl groups is 1. The molecule has 0 saturated heterocycles. The number of rotatable bonds is 5. The van der Waals surface area contributed by atoms with Crippen LogP contribution >= 0.6 is 7.82 Å². The van der Waals surface area contributed by atoms with E-state index in [4.69, 9.17) is 15.5 Å². The van der Waals surface area contributed by atoms with Gasteiger partial charge in [-0.3, -0.25) is 9.42 Å². The largest absolute Gasteiger partial charge is 0.527 e. The van der Waals surface area contributed by atoms with E-state index in [1.165, 1.54) is 81.3 Å². The highest BCUT2D eigenvalue weighted by molar-refractivity contribution is 7.47. The van der Waals surface area contributed by atoms with Crippen LogP contribution in [-0.4, -0.2) is 16.6 Å². The molecule has 9 aliphatic carbocycles. The molecule has 4 aromatic rings. The lowest BCUT2D eigenvalue weighted by atomic mass is 9.72. The third-order valence-corrected chi connectivity index (χ3v) is 16.3. The SMILES string of the molecule is C#CCCOP(=O)(O)Oc1c2c(c(O)c3c1C1CC3c3cc4c(cc31)[C@@H]1CC4c3ccccc31)C1CC2c2cc3c(cc21)C1CC3C2CCCC=C12. The third-order valence-electron chi connectivity index (χ3n) is 15.4. The van der Waals surface area contributed by atoms with Gasteiger partial charge in [-0.25, -0.2) is 4.57 Å². The summed E-state index contributed by atoms with van der Waals surface area (Å²) in [6.45, 7) is -0.0566. The van der Waals surface area contributed by atoms with Gasteiger partial charge in [0.15, 0.2) is 0 Å². The van der Waals surface area contributed by atoms with Crippen molar-refractivity contribution in [2.45, 2.75) is 98.7 Å². The lowest BCUT2D eigenvalue weighted by Gasteiger charge is -2.34. The number of fused-ring (bicyclic) bond motifs is 32. The summed E-state index contributed by atoms with van der Waals surface area (Å²) < 4.78 is 25.6. The Morgan fingerprint density at radius 2 is 1.23 bits per heavy atom. The normalized spacial score (nSPS) is 32.6. The second kappa shape index (κ2) is 9.72. The van der Waals surface area contributed by atoms with Gasteiger partial charge in [0.25, 0.3) is 0 Å². The Morgan fingerprint density at radius 1 is 0.692 bits per heavy atom. The van der Waals surface area contributed by atoms with Gasteiger partial charge in [0, 0.05) is 70.1 Å². The molecule has 0 amide bonds. The first-order chi connectivity index (χ1) is 25.4. The fourth-order valence-corrected chi connectivity index (χ4v) is 14.5. The summed E-state index contributed by atoms with van der Waals surface area (Å²) in [6.07, 6.45) is 16.1. The average Bonchev–Trinajstić information content (AvgIpc) is 4.02. The molecular formula is C46H39O5P. The van der Waals surface area contributed by atoms with E-state index >= 15 is 0 Å². The Bertz CT molecular complexity index is 2500. The molecule has 258 valence electrons. The molecule has 5 nitrogen and oxygen atoms in total. The maximum absolute atomic E-state index is 13.8. The first kappa shape index (κ1) is 29.4. The van der Waals surface area contributed by atoms with E-state index in [0.717, 1.165) is 41.5 Å². The monoisotopic (exact) mass is 702 g/mol. The summed E-state index contributed by atoms with van der Waals surface area (Å²) in [5, 5.41) is 12.6. The quantitative estimate of drug-likeness (QED) is 0.0937. The lowest BCUT2D eigenvalue weighted by Crippen LogP contribution is -2.18. The maximum Gasteiger partial charge on any atom is 0.527 e. The number of hydrogen-bond acceptors (Lipinski definition) is 4. The van der Waals surface area contributed by atoms with E-state index in [-0.39, 0.29) is 36.7 Å². The number of allylic oxidation sites excluding steroid dienone is 2. The highest BCUT2D eigenvalue weighted by atomic mass is 31.2. The van der Waals surface area contributed by atoms with Crippen LogP contribution in [0.4, 0.5) is 0 Å². The van der Waals surface area contributed by atoms with Gasteiger partial charge >= 0.3 is 7.82 Å². The topological polar surface area (TPSA) is 76.0 Å². The van der Waals surface area contributed by atoms with Gasteiger partial charge < -0.3 is 9.63 Å². The second-order valence-electron chi connectivity index (χ2n) is 17.2. The summed E-state index contributed by atoms with van der Waals surface area (Å²) >= 11 is 0. The predicted molar refractivity (Wildman–Crippen MR) is 198 cm³/mol. The zero-order valence-electron chi connectivity index (χ0n) is 28.9. The van der Waals surface area contributed by atoms with E-state index < -0.39 is 7.82 Å². The van der Waals surface area contributed by atoms with Gasteiger partial charge in [-0.05, 0) is 112 Å². The van der Waals surface area contributed by atoms with Crippen LogP contribution in [0.2, 0.25) is 0 Å². The molecule has 9 unspecified atom stereocenters. The molecule has 1 saturated carbocycles. The molecule has 1 fully saturated rings. The van der Waals surface area contributed by atoms with Crippen molar-refractivity contribution in [1.29, 1.82) is 0 Å². The Morgan fingerprint density at radius 3 is 1.85 bits per heavy atom. The van der Waals surface area contributed by atoms with Gasteiger partial charge in [0.1, 0.15) is 11.5 Å². The zero-order chi connectivity index (χ0) is 34.4. The van der Waals surface area contributed by atoms with E-state index in [1.54, 1.807) is 5.57 Å². The Kier molecular flexibility index (Phi) is 5.49. The van der Waals surface area contributed by atoms with Crippen molar-refractivity contribution in [3.05, 3.63) is 138 Å². The summed E-state index contributed by atoms with van der Waals surface area (Å²) in [5.74, 6) is 6.07. The van der Waals surface area contributed by atoms with Crippen LogP contribution in [0.15, 0.2) is 60.2 Å². The Hall–Kier alpha value is -4.07. The number of phenolic OH excluding ortho intramolecular Hbond substituents is 1. The highest BCUT2D eigenvalue weighted by Gasteiger charge is 2.56. The molecule has 0 heterocycles. The number of terminal acetylenes is 1. The van der Waals surface area contributed by atoms with Crippen molar-refractivity contribution in [2.24, 2.45) is 5.92 Å². The molecular weight excluding hydrogens is 663 g/mol. The Balaban J connectivity index is 0.977. The van der Waals surface area contributed by atoms with Crippen molar-refractivity contribution in [3.63, 3.8) is 0 Å². The minimum Gasteiger partial charge on any atom is -0.507 e. The average molecular weight is 703 g/mol. The predicted octanol–water partition coefficient (Wildman–Crippen LogP) is 10.2. The van der Waals surface area contributed by atoms with E-state index in [9.17, 15) is 14.6 Å². The number of benzene rings is 4. The van der Waals surface area contributed by atoms with Crippen LogP contribution in [-0.2, 0) is 9.09 Å². The minimum absolute atomic E-state index is 0.00329. The van der Waals surface area contributed by atoms with Crippen LogP contribution in [0.25, 0.3) is 0 Å². The van der Waals surface area contributed by atoms with Crippen molar-refractivity contribution in [2.75, 3.05) is 6.61 Å². The van der Waals surface area contributed by atoms with Gasteiger partial charge in [0.05, 0.1) is 6.61 Å². The van der Waals surface area contributed by atoms with Gasteiger partial charge in [-0.2, -0.15) is 0 Å². The molecule has 0 aliphatic heterocycles. The third kappa shape index (κ3) is 3.41. The van der Waals surface area contributed by atoms with Gasteiger partial charge in [-0.15, -0.1) is 12.3 Å². The Labute approximate surface area is 303 Å². The first-order valence-electron chi connectivity index (χ1n) is 19.6. The summed E-state index contributed by atoms with van der Waals surface area (Å²) in [7, 11) is -4.52. The van der Waals surface area contributed by atoms with Crippen molar-refractivity contribution in [1.82, 2.24) is 0 Å². The number of phosphoric acid groups is 1. The molecule has 13 rings (SSSR count). The molecule has 0 spiro atoms. The van der Waals surface area contributed by atoms with Crippen LogP contribution in [0.3, 0.4) is 0 Å². The number of phosphoric ester groups is 1. The lowest BCUT2D eigenvalue weighted by molar-refractivity contribution is 0.206. The number of phenols is 1.